The second-order valence-electron chi connectivity index (χ2n) is 8.25. The molecule has 0 aliphatic carbocycles. The molecular formula is C24H30N4O4. The number of aromatic amines is 1. The number of nitrogens with one attached hydrogen (secondary N) is 1. The molecule has 4 rings (SSSR count). The van der Waals surface area contributed by atoms with Crippen LogP contribution in [0.25, 0.3) is 10.9 Å². The Labute approximate surface area is 187 Å². The van der Waals surface area contributed by atoms with Crippen LogP contribution in [0, 0.1) is 13.8 Å². The van der Waals surface area contributed by atoms with E-state index in [1.54, 1.807) is 20.4 Å². The number of hydrogen-bond donors (Lipinski definition) is 2. The van der Waals surface area contributed by atoms with Crippen molar-refractivity contribution in [3.63, 3.8) is 0 Å². The number of aromatic nitrogens is 2. The number of ether oxygens (including phenoxy) is 2. The van der Waals surface area contributed by atoms with E-state index in [0.29, 0.717) is 18.8 Å². The molecule has 1 fully saturated rings. The molecule has 1 saturated heterocycles. The second kappa shape index (κ2) is 9.18. The molecule has 0 saturated carbocycles. The van der Waals surface area contributed by atoms with Crippen molar-refractivity contribution < 1.29 is 19.4 Å². The molecule has 3 aromatic rings. The highest BCUT2D eigenvalue weighted by molar-refractivity contribution is 5.90. The number of benzene rings is 1. The predicted octanol–water partition coefficient (Wildman–Crippen LogP) is 3.14. The molecule has 1 aliphatic rings. The van der Waals surface area contributed by atoms with Crippen molar-refractivity contribution in [2.24, 2.45) is 0 Å². The monoisotopic (exact) mass is 438 g/mol. The van der Waals surface area contributed by atoms with Gasteiger partial charge in [-0.1, -0.05) is 0 Å². The van der Waals surface area contributed by atoms with Crippen LogP contribution >= 0.6 is 0 Å². The summed E-state index contributed by atoms with van der Waals surface area (Å²) in [7, 11) is 3.30. The van der Waals surface area contributed by atoms with Crippen LogP contribution in [0.3, 0.4) is 0 Å². The average molecular weight is 439 g/mol. The summed E-state index contributed by atoms with van der Waals surface area (Å²) < 4.78 is 10.9. The summed E-state index contributed by atoms with van der Waals surface area (Å²) in [5, 5.41) is 11.0. The SMILES string of the molecule is COc1ccc2[nH]cc([C@@H](C(=O)O)N3CCN(Cc4ncc(C)c(OC)c4C)CC3)c2c1. The minimum absolute atomic E-state index is 0.662. The molecular weight excluding hydrogens is 408 g/mol. The van der Waals surface area contributed by atoms with Gasteiger partial charge in [0.25, 0.3) is 0 Å². The molecule has 0 radical (unpaired) electrons. The smallest absolute Gasteiger partial charge is 0.325 e. The lowest BCUT2D eigenvalue weighted by atomic mass is 10.0. The van der Waals surface area contributed by atoms with Crippen LogP contribution < -0.4 is 9.47 Å². The van der Waals surface area contributed by atoms with Crippen LogP contribution in [0.4, 0.5) is 0 Å². The molecule has 0 amide bonds. The number of H-pyrrole nitrogens is 1. The summed E-state index contributed by atoms with van der Waals surface area (Å²) >= 11 is 0. The molecule has 8 nitrogen and oxygen atoms in total. The van der Waals surface area contributed by atoms with Crippen molar-refractivity contribution in [1.29, 1.82) is 0 Å². The van der Waals surface area contributed by atoms with Crippen LogP contribution in [-0.4, -0.2) is 71.2 Å². The van der Waals surface area contributed by atoms with Crippen molar-refractivity contribution in [3.8, 4) is 11.5 Å². The van der Waals surface area contributed by atoms with Crippen molar-refractivity contribution in [2.45, 2.75) is 26.4 Å². The third kappa shape index (κ3) is 4.16. The second-order valence-corrected chi connectivity index (χ2v) is 8.25. The first-order chi connectivity index (χ1) is 15.4. The minimum atomic E-state index is -0.844. The Balaban J connectivity index is 1.50. The van der Waals surface area contributed by atoms with E-state index < -0.39 is 12.0 Å². The summed E-state index contributed by atoms with van der Waals surface area (Å²) in [6.45, 7) is 7.62. The topological polar surface area (TPSA) is 90.9 Å². The summed E-state index contributed by atoms with van der Waals surface area (Å²) in [5.74, 6) is 0.751. The highest BCUT2D eigenvalue weighted by Gasteiger charge is 2.32. The van der Waals surface area contributed by atoms with E-state index in [0.717, 1.165) is 58.7 Å². The molecule has 1 aromatic carbocycles. The Bertz CT molecular complexity index is 1120. The molecule has 0 bridgehead atoms. The van der Waals surface area contributed by atoms with Gasteiger partial charge in [0.2, 0.25) is 0 Å². The van der Waals surface area contributed by atoms with Gasteiger partial charge in [-0.2, -0.15) is 0 Å². The number of rotatable bonds is 7. The Hall–Kier alpha value is -3.10. The maximum absolute atomic E-state index is 12.3. The molecule has 2 N–H and O–H groups in total. The van der Waals surface area contributed by atoms with Crippen molar-refractivity contribution in [1.82, 2.24) is 19.8 Å². The van der Waals surface area contributed by atoms with E-state index in [1.807, 2.05) is 43.1 Å². The lowest BCUT2D eigenvalue weighted by Crippen LogP contribution is -2.49. The third-order valence-electron chi connectivity index (χ3n) is 6.34. The van der Waals surface area contributed by atoms with Gasteiger partial charge in [-0.05, 0) is 32.0 Å². The van der Waals surface area contributed by atoms with Gasteiger partial charge in [0, 0.05) is 72.7 Å². The Morgan fingerprint density at radius 2 is 1.94 bits per heavy atom. The zero-order chi connectivity index (χ0) is 22.8. The van der Waals surface area contributed by atoms with Gasteiger partial charge in [-0.15, -0.1) is 0 Å². The summed E-state index contributed by atoms with van der Waals surface area (Å²) in [6, 6.07) is 4.97. The number of pyridine rings is 1. The lowest BCUT2D eigenvalue weighted by Gasteiger charge is -2.37. The third-order valence-corrected chi connectivity index (χ3v) is 6.34. The standard InChI is InChI=1S/C24H30N4O4/c1-15-12-25-21(16(2)23(15)32-4)14-27-7-9-28(10-8-27)22(24(29)30)19-13-26-20-6-5-17(31-3)11-18(19)20/h5-6,11-13,22,26H,7-10,14H2,1-4H3,(H,29,30)/t22-/m0/s1. The minimum Gasteiger partial charge on any atom is -0.497 e. The van der Waals surface area contributed by atoms with E-state index in [4.69, 9.17) is 9.47 Å². The van der Waals surface area contributed by atoms with Crippen molar-refractivity contribution in [3.05, 3.63) is 53.0 Å². The van der Waals surface area contributed by atoms with Gasteiger partial charge in [0.1, 0.15) is 17.5 Å². The van der Waals surface area contributed by atoms with Crippen molar-refractivity contribution in [2.75, 3.05) is 40.4 Å². The van der Waals surface area contributed by atoms with Crippen LogP contribution in [-0.2, 0) is 11.3 Å². The first-order valence-corrected chi connectivity index (χ1v) is 10.8. The summed E-state index contributed by atoms with van der Waals surface area (Å²) in [5.41, 5.74) is 4.75. The van der Waals surface area contributed by atoms with Crippen LogP contribution in [0.2, 0.25) is 0 Å². The average Bonchev–Trinajstić information content (AvgIpc) is 3.20. The molecule has 0 spiro atoms. The van der Waals surface area contributed by atoms with E-state index in [2.05, 4.69) is 14.9 Å². The van der Waals surface area contributed by atoms with Crippen LogP contribution in [0.15, 0.2) is 30.6 Å². The van der Waals surface area contributed by atoms with Crippen LogP contribution in [0.5, 0.6) is 11.5 Å². The van der Waals surface area contributed by atoms with Gasteiger partial charge in [0.15, 0.2) is 0 Å². The van der Waals surface area contributed by atoms with Gasteiger partial charge < -0.3 is 19.6 Å². The number of piperazine rings is 1. The van der Waals surface area contributed by atoms with E-state index in [9.17, 15) is 9.90 Å². The number of carboxylic acid groups (broad SMARTS) is 1. The predicted molar refractivity (Wildman–Crippen MR) is 122 cm³/mol. The number of aliphatic carboxylic acids is 1. The zero-order valence-corrected chi connectivity index (χ0v) is 19.0. The first kappa shape index (κ1) is 22.1. The van der Waals surface area contributed by atoms with E-state index in [1.165, 1.54) is 0 Å². The highest BCUT2D eigenvalue weighted by atomic mass is 16.5. The number of methoxy groups -OCH3 is 2. The lowest BCUT2D eigenvalue weighted by molar-refractivity contribution is -0.144. The maximum atomic E-state index is 12.3. The summed E-state index contributed by atoms with van der Waals surface area (Å²) in [4.78, 5) is 24.5. The fourth-order valence-electron chi connectivity index (χ4n) is 4.58. The quantitative estimate of drug-likeness (QED) is 0.586. The van der Waals surface area contributed by atoms with Gasteiger partial charge in [0.05, 0.1) is 19.9 Å². The number of hydrogen-bond acceptors (Lipinski definition) is 6. The molecule has 0 unspecified atom stereocenters. The summed E-state index contributed by atoms with van der Waals surface area (Å²) in [6.07, 6.45) is 3.66. The zero-order valence-electron chi connectivity index (χ0n) is 19.0. The normalized spacial score (nSPS) is 16.2. The molecule has 32 heavy (non-hydrogen) atoms. The fourth-order valence-corrected chi connectivity index (χ4v) is 4.58. The number of aryl methyl sites for hydroxylation is 1. The van der Waals surface area contributed by atoms with Gasteiger partial charge >= 0.3 is 5.97 Å². The number of carboxylic acids is 1. The molecule has 1 aliphatic heterocycles. The molecule has 3 heterocycles. The highest BCUT2D eigenvalue weighted by Crippen LogP contribution is 2.32. The maximum Gasteiger partial charge on any atom is 0.325 e. The Morgan fingerprint density at radius 1 is 1.19 bits per heavy atom. The first-order valence-electron chi connectivity index (χ1n) is 10.8. The number of fused-ring (bicyclic) bond motifs is 1. The Morgan fingerprint density at radius 3 is 2.59 bits per heavy atom. The molecule has 170 valence electrons. The number of carbonyl (C=O) groups is 1. The van der Waals surface area contributed by atoms with E-state index in [-0.39, 0.29) is 0 Å². The molecule has 2 aromatic heterocycles. The van der Waals surface area contributed by atoms with E-state index >= 15 is 0 Å². The van der Waals surface area contributed by atoms with Crippen LogP contribution in [0.1, 0.15) is 28.4 Å². The Kier molecular flexibility index (Phi) is 6.34. The molecule has 1 atom stereocenters. The van der Waals surface area contributed by atoms with Crippen molar-refractivity contribution >= 4 is 16.9 Å². The number of nitrogens with zero attached hydrogens (tertiary/aromatic N) is 3. The largest absolute Gasteiger partial charge is 0.497 e. The fraction of sp³-hybridized carbons (Fsp3) is 0.417. The van der Waals surface area contributed by atoms with Gasteiger partial charge in [-0.25, -0.2) is 0 Å². The van der Waals surface area contributed by atoms with Gasteiger partial charge in [-0.3, -0.25) is 19.6 Å². The molecule has 8 heteroatoms.